The van der Waals surface area contributed by atoms with Crippen molar-refractivity contribution in [2.45, 2.75) is 0 Å². The molecule has 0 aromatic heterocycles. The van der Waals surface area contributed by atoms with Crippen LogP contribution in [0.3, 0.4) is 0 Å². The molecule has 0 saturated carbocycles. The maximum absolute atomic E-state index is 13.3. The number of halogens is 2. The van der Waals surface area contributed by atoms with Crippen molar-refractivity contribution >= 4 is 29.2 Å². The molecule has 0 aliphatic carbocycles. The average molecular weight is 294 g/mol. The number of rotatable bonds is 3. The van der Waals surface area contributed by atoms with Gasteiger partial charge in [-0.25, -0.2) is 9.18 Å². The molecule has 0 saturated heterocycles. The Balaban J connectivity index is 2.28. The Morgan fingerprint density at radius 3 is 2.35 bits per heavy atom. The van der Waals surface area contributed by atoms with E-state index < -0.39 is 17.7 Å². The molecule has 2 N–H and O–H groups in total. The monoisotopic (exact) mass is 293 g/mol. The van der Waals surface area contributed by atoms with E-state index in [2.05, 4.69) is 5.32 Å². The molecule has 0 radical (unpaired) electrons. The normalized spacial score (nSPS) is 10.1. The lowest BCUT2D eigenvalue weighted by atomic mass is 10.1. The summed E-state index contributed by atoms with van der Waals surface area (Å²) in [6.45, 7) is 0. The first-order chi connectivity index (χ1) is 9.49. The molecule has 2 rings (SSSR count). The highest BCUT2D eigenvalue weighted by Gasteiger charge is 2.16. The summed E-state index contributed by atoms with van der Waals surface area (Å²) in [6, 6.07) is 9.54. The summed E-state index contributed by atoms with van der Waals surface area (Å²) in [5.74, 6) is -2.52. The van der Waals surface area contributed by atoms with Gasteiger partial charge < -0.3 is 10.4 Å². The van der Waals surface area contributed by atoms with Gasteiger partial charge in [0.1, 0.15) is 5.82 Å². The van der Waals surface area contributed by atoms with Crippen LogP contribution in [0.4, 0.5) is 10.1 Å². The number of amides is 1. The van der Waals surface area contributed by atoms with Gasteiger partial charge in [-0.3, -0.25) is 4.79 Å². The molecule has 0 unspecified atom stereocenters. The molecule has 4 nitrogen and oxygen atoms in total. The predicted octanol–water partition coefficient (Wildman–Crippen LogP) is 3.43. The zero-order valence-electron chi connectivity index (χ0n) is 10.1. The number of hydrogen-bond acceptors (Lipinski definition) is 2. The Morgan fingerprint density at radius 2 is 1.75 bits per heavy atom. The molecule has 0 spiro atoms. The van der Waals surface area contributed by atoms with Crippen LogP contribution in [0, 0.1) is 5.82 Å². The number of hydrogen-bond donors (Lipinski definition) is 2. The van der Waals surface area contributed by atoms with Gasteiger partial charge in [-0.2, -0.15) is 0 Å². The Morgan fingerprint density at radius 1 is 1.10 bits per heavy atom. The minimum atomic E-state index is -1.21. The third-order valence-electron chi connectivity index (χ3n) is 2.58. The third-order valence-corrected chi connectivity index (χ3v) is 2.89. The van der Waals surface area contributed by atoms with Crippen LogP contribution in [-0.4, -0.2) is 17.0 Å². The molecule has 0 fully saturated rings. The highest BCUT2D eigenvalue weighted by Crippen LogP contribution is 2.19. The highest BCUT2D eigenvalue weighted by atomic mass is 35.5. The van der Waals surface area contributed by atoms with Crippen LogP contribution >= 0.6 is 11.6 Å². The zero-order chi connectivity index (χ0) is 14.7. The molecule has 6 heteroatoms. The minimum Gasteiger partial charge on any atom is -0.478 e. The lowest BCUT2D eigenvalue weighted by molar-refractivity contribution is 0.0692. The van der Waals surface area contributed by atoms with Crippen LogP contribution < -0.4 is 5.32 Å². The Labute approximate surface area is 118 Å². The van der Waals surface area contributed by atoms with Crippen LogP contribution in [0.1, 0.15) is 20.7 Å². The molecule has 2 aromatic carbocycles. The van der Waals surface area contributed by atoms with Crippen LogP contribution in [0.25, 0.3) is 0 Å². The summed E-state index contributed by atoms with van der Waals surface area (Å²) in [6.07, 6.45) is 0. The number of benzene rings is 2. The molecule has 102 valence electrons. The molecule has 20 heavy (non-hydrogen) atoms. The number of carbonyl (C=O) groups excluding carboxylic acids is 1. The Bertz CT molecular complexity index is 688. The Kier molecular flexibility index (Phi) is 4.00. The lowest BCUT2D eigenvalue weighted by Crippen LogP contribution is -2.16. The number of carbonyl (C=O) groups is 2. The molecule has 2 aromatic rings. The van der Waals surface area contributed by atoms with E-state index in [1.54, 1.807) is 6.07 Å². The van der Waals surface area contributed by atoms with E-state index in [1.807, 2.05) is 0 Å². The fourth-order valence-electron chi connectivity index (χ4n) is 1.64. The summed E-state index contributed by atoms with van der Waals surface area (Å²) in [4.78, 5) is 23.0. The van der Waals surface area contributed by atoms with E-state index in [0.29, 0.717) is 0 Å². The maximum atomic E-state index is 13.3. The van der Waals surface area contributed by atoms with Crippen molar-refractivity contribution in [2.75, 3.05) is 5.32 Å². The molecule has 0 heterocycles. The van der Waals surface area contributed by atoms with E-state index >= 15 is 0 Å². The Hall–Kier alpha value is -2.40. The van der Waals surface area contributed by atoms with E-state index in [1.165, 1.54) is 30.3 Å². The van der Waals surface area contributed by atoms with Gasteiger partial charge in [0, 0.05) is 5.69 Å². The molecule has 0 atom stereocenters. The number of aromatic carboxylic acids is 1. The fourth-order valence-corrected chi connectivity index (χ4v) is 1.76. The summed E-state index contributed by atoms with van der Waals surface area (Å²) >= 11 is 5.54. The number of carboxylic acid groups (broad SMARTS) is 1. The van der Waals surface area contributed by atoms with Crippen molar-refractivity contribution in [3.63, 3.8) is 0 Å². The summed E-state index contributed by atoms with van der Waals surface area (Å²) in [7, 11) is 0. The second-order valence-corrected chi connectivity index (χ2v) is 4.34. The number of nitrogens with one attached hydrogen (secondary N) is 1. The topological polar surface area (TPSA) is 66.4 Å². The quantitative estimate of drug-likeness (QED) is 0.911. The summed E-state index contributed by atoms with van der Waals surface area (Å²) in [5.41, 5.74) is 0.0619. The van der Waals surface area contributed by atoms with Crippen LogP contribution in [-0.2, 0) is 0 Å². The second kappa shape index (κ2) is 5.71. The van der Waals surface area contributed by atoms with E-state index in [4.69, 9.17) is 16.7 Å². The van der Waals surface area contributed by atoms with Crippen molar-refractivity contribution in [1.29, 1.82) is 0 Å². The van der Waals surface area contributed by atoms with Gasteiger partial charge in [-0.1, -0.05) is 23.7 Å². The van der Waals surface area contributed by atoms with Gasteiger partial charge in [0.15, 0.2) is 0 Å². The standard InChI is InChI=1S/C14H9ClFNO3/c15-11-6-5-8(7-12(11)16)17-13(18)9-3-1-2-4-10(9)14(19)20/h1-7H,(H,17,18)(H,19,20). The van der Waals surface area contributed by atoms with Crippen LogP contribution in [0.5, 0.6) is 0 Å². The SMILES string of the molecule is O=C(O)c1ccccc1C(=O)Nc1ccc(Cl)c(F)c1. The van der Waals surface area contributed by atoms with Crippen molar-refractivity contribution in [1.82, 2.24) is 0 Å². The van der Waals surface area contributed by atoms with E-state index in [-0.39, 0.29) is 21.8 Å². The molecular formula is C14H9ClFNO3. The summed E-state index contributed by atoms with van der Waals surface area (Å²) in [5, 5.41) is 11.4. The fraction of sp³-hybridized carbons (Fsp3) is 0. The predicted molar refractivity (Wildman–Crippen MR) is 72.8 cm³/mol. The first kappa shape index (κ1) is 14.0. The van der Waals surface area contributed by atoms with Crippen molar-refractivity contribution < 1.29 is 19.1 Å². The zero-order valence-corrected chi connectivity index (χ0v) is 10.8. The molecule has 1 amide bonds. The van der Waals surface area contributed by atoms with Crippen molar-refractivity contribution in [3.05, 3.63) is 64.4 Å². The molecular weight excluding hydrogens is 285 g/mol. The third kappa shape index (κ3) is 2.95. The van der Waals surface area contributed by atoms with Gasteiger partial charge >= 0.3 is 5.97 Å². The second-order valence-electron chi connectivity index (χ2n) is 3.93. The molecule has 0 aliphatic rings. The average Bonchev–Trinajstić information content (AvgIpc) is 2.43. The van der Waals surface area contributed by atoms with Gasteiger partial charge in [0.05, 0.1) is 16.1 Å². The van der Waals surface area contributed by atoms with Gasteiger partial charge in [-0.15, -0.1) is 0 Å². The van der Waals surface area contributed by atoms with Crippen molar-refractivity contribution in [3.8, 4) is 0 Å². The molecule has 0 bridgehead atoms. The van der Waals surface area contributed by atoms with Crippen molar-refractivity contribution in [2.24, 2.45) is 0 Å². The van der Waals surface area contributed by atoms with Gasteiger partial charge in [-0.05, 0) is 30.3 Å². The van der Waals surface area contributed by atoms with E-state index in [9.17, 15) is 14.0 Å². The first-order valence-electron chi connectivity index (χ1n) is 5.58. The lowest BCUT2D eigenvalue weighted by Gasteiger charge is -2.08. The van der Waals surface area contributed by atoms with Crippen LogP contribution in [0.15, 0.2) is 42.5 Å². The minimum absolute atomic E-state index is 0.00430. The van der Waals surface area contributed by atoms with Gasteiger partial charge in [0.25, 0.3) is 5.91 Å². The van der Waals surface area contributed by atoms with E-state index in [0.717, 1.165) is 6.07 Å². The smallest absolute Gasteiger partial charge is 0.336 e. The molecule has 0 aliphatic heterocycles. The largest absolute Gasteiger partial charge is 0.478 e. The number of anilines is 1. The summed E-state index contributed by atoms with van der Waals surface area (Å²) < 4.78 is 13.3. The maximum Gasteiger partial charge on any atom is 0.336 e. The van der Waals surface area contributed by atoms with Gasteiger partial charge in [0.2, 0.25) is 0 Å². The number of carboxylic acids is 1. The van der Waals surface area contributed by atoms with Crippen LogP contribution in [0.2, 0.25) is 5.02 Å². The first-order valence-corrected chi connectivity index (χ1v) is 5.95. The highest BCUT2D eigenvalue weighted by molar-refractivity contribution is 6.30.